The summed E-state index contributed by atoms with van der Waals surface area (Å²) in [4.78, 5) is 2.81. The molecule has 0 aromatic heterocycles. The van der Waals surface area contributed by atoms with Crippen molar-refractivity contribution in [3.63, 3.8) is 0 Å². The van der Waals surface area contributed by atoms with E-state index < -0.39 is 0 Å². The van der Waals surface area contributed by atoms with E-state index in [0.717, 1.165) is 12.0 Å². The van der Waals surface area contributed by atoms with Gasteiger partial charge in [0.1, 0.15) is 0 Å². The van der Waals surface area contributed by atoms with Gasteiger partial charge in [0.05, 0.1) is 0 Å². The fourth-order valence-electron chi connectivity index (χ4n) is 4.02. The molecular formula is C14H26N2. The maximum absolute atomic E-state index is 3.81. The molecule has 2 nitrogen and oxygen atoms in total. The molecule has 1 saturated heterocycles. The minimum Gasteiger partial charge on any atom is -0.309 e. The smallest absolute Gasteiger partial charge is 0.0309 e. The van der Waals surface area contributed by atoms with Crippen LogP contribution in [0.15, 0.2) is 0 Å². The molecule has 92 valence electrons. The van der Waals surface area contributed by atoms with Gasteiger partial charge in [-0.3, -0.25) is 4.90 Å². The molecule has 0 radical (unpaired) electrons. The first-order valence-corrected chi connectivity index (χ1v) is 7.32. The summed E-state index contributed by atoms with van der Waals surface area (Å²) in [6, 6.07) is 0.958. The lowest BCUT2D eigenvalue weighted by atomic mass is 9.94. The summed E-state index contributed by atoms with van der Waals surface area (Å²) in [5.41, 5.74) is 0.525. The molecular weight excluding hydrogens is 196 g/mol. The largest absolute Gasteiger partial charge is 0.309 e. The van der Waals surface area contributed by atoms with Gasteiger partial charge in [0.25, 0.3) is 0 Å². The maximum atomic E-state index is 3.81. The number of hydrogen-bond acceptors (Lipinski definition) is 2. The normalized spacial score (nSPS) is 38.1. The second-order valence-corrected chi connectivity index (χ2v) is 6.24. The zero-order valence-corrected chi connectivity index (χ0v) is 10.7. The third kappa shape index (κ3) is 2.02. The quantitative estimate of drug-likeness (QED) is 0.789. The Morgan fingerprint density at radius 2 is 2.12 bits per heavy atom. The van der Waals surface area contributed by atoms with Crippen LogP contribution < -0.4 is 5.32 Å². The Labute approximate surface area is 99.8 Å². The number of hydrogen-bond donors (Lipinski definition) is 1. The monoisotopic (exact) mass is 222 g/mol. The Balaban J connectivity index is 1.57. The van der Waals surface area contributed by atoms with Gasteiger partial charge in [-0.05, 0) is 31.6 Å². The molecule has 3 rings (SSSR count). The van der Waals surface area contributed by atoms with Crippen molar-refractivity contribution in [2.24, 2.45) is 5.92 Å². The molecule has 0 aromatic rings. The molecule has 2 unspecified atom stereocenters. The topological polar surface area (TPSA) is 15.3 Å². The van der Waals surface area contributed by atoms with Crippen molar-refractivity contribution in [2.45, 2.75) is 63.5 Å². The summed E-state index contributed by atoms with van der Waals surface area (Å²) in [7, 11) is 0. The van der Waals surface area contributed by atoms with Crippen molar-refractivity contribution in [3.05, 3.63) is 0 Å². The number of nitrogens with zero attached hydrogens (tertiary/aromatic N) is 1. The summed E-state index contributed by atoms with van der Waals surface area (Å²) in [6.45, 7) is 6.20. The van der Waals surface area contributed by atoms with Crippen molar-refractivity contribution >= 4 is 0 Å². The molecule has 0 aromatic carbocycles. The third-order valence-electron chi connectivity index (χ3n) is 4.98. The molecule has 2 aliphatic carbocycles. The minimum atomic E-state index is 0.525. The van der Waals surface area contributed by atoms with Crippen molar-refractivity contribution < 1.29 is 0 Å². The van der Waals surface area contributed by atoms with Gasteiger partial charge in [-0.1, -0.05) is 26.2 Å². The van der Waals surface area contributed by atoms with E-state index in [-0.39, 0.29) is 0 Å². The molecule has 16 heavy (non-hydrogen) atoms. The third-order valence-corrected chi connectivity index (χ3v) is 4.98. The molecule has 0 bridgehead atoms. The van der Waals surface area contributed by atoms with E-state index in [1.54, 1.807) is 0 Å². The Morgan fingerprint density at radius 3 is 2.88 bits per heavy atom. The second kappa shape index (κ2) is 4.30. The molecule has 0 amide bonds. The van der Waals surface area contributed by atoms with Gasteiger partial charge in [-0.15, -0.1) is 0 Å². The summed E-state index contributed by atoms with van der Waals surface area (Å²) in [6.07, 6.45) is 10.1. The van der Waals surface area contributed by atoms with E-state index in [1.807, 2.05) is 0 Å². The Kier molecular flexibility index (Phi) is 2.97. The lowest BCUT2D eigenvalue weighted by molar-refractivity contribution is 0.122. The molecule has 2 saturated carbocycles. The van der Waals surface area contributed by atoms with E-state index in [4.69, 9.17) is 0 Å². The van der Waals surface area contributed by atoms with Gasteiger partial charge in [0, 0.05) is 31.2 Å². The SMILES string of the molecule is CCCC1CC1N1CCNC2(CCCC2)C1. The highest BCUT2D eigenvalue weighted by atomic mass is 15.3. The lowest BCUT2D eigenvalue weighted by Gasteiger charge is -2.42. The first kappa shape index (κ1) is 11.0. The molecule has 2 atom stereocenters. The fraction of sp³-hybridized carbons (Fsp3) is 1.00. The van der Waals surface area contributed by atoms with E-state index in [2.05, 4.69) is 17.1 Å². The van der Waals surface area contributed by atoms with Gasteiger partial charge >= 0.3 is 0 Å². The standard InChI is InChI=1S/C14H26N2/c1-2-5-12-10-13(12)16-9-8-15-14(11-16)6-3-4-7-14/h12-13,15H,2-11H2,1H3. The average Bonchev–Trinajstić information content (AvgIpc) is 2.93. The van der Waals surface area contributed by atoms with Gasteiger partial charge < -0.3 is 5.32 Å². The molecule has 3 aliphatic rings. The van der Waals surface area contributed by atoms with Gasteiger partial charge in [-0.2, -0.15) is 0 Å². The molecule has 3 fully saturated rings. The van der Waals surface area contributed by atoms with Gasteiger partial charge in [0.15, 0.2) is 0 Å². The predicted molar refractivity (Wildman–Crippen MR) is 67.6 cm³/mol. The Morgan fingerprint density at radius 1 is 1.31 bits per heavy atom. The van der Waals surface area contributed by atoms with E-state index >= 15 is 0 Å². The van der Waals surface area contributed by atoms with E-state index in [0.29, 0.717) is 5.54 Å². The van der Waals surface area contributed by atoms with Crippen molar-refractivity contribution in [3.8, 4) is 0 Å². The van der Waals surface area contributed by atoms with Crippen LogP contribution in [-0.4, -0.2) is 36.1 Å². The Hall–Kier alpha value is -0.0800. The summed E-state index contributed by atoms with van der Waals surface area (Å²) >= 11 is 0. The first-order chi connectivity index (χ1) is 7.83. The first-order valence-electron chi connectivity index (χ1n) is 7.32. The van der Waals surface area contributed by atoms with Crippen LogP contribution in [0.5, 0.6) is 0 Å². The molecule has 2 heteroatoms. The molecule has 1 N–H and O–H groups in total. The Bertz CT molecular complexity index is 245. The molecule has 1 heterocycles. The molecule has 1 spiro atoms. The van der Waals surface area contributed by atoms with Crippen LogP contribution in [0.4, 0.5) is 0 Å². The van der Waals surface area contributed by atoms with Crippen LogP contribution in [0, 0.1) is 5.92 Å². The lowest BCUT2D eigenvalue weighted by Crippen LogP contribution is -2.59. The number of piperazine rings is 1. The van der Waals surface area contributed by atoms with Crippen LogP contribution in [0.3, 0.4) is 0 Å². The number of rotatable bonds is 3. The van der Waals surface area contributed by atoms with Gasteiger partial charge in [-0.25, -0.2) is 0 Å². The van der Waals surface area contributed by atoms with Gasteiger partial charge in [0.2, 0.25) is 0 Å². The van der Waals surface area contributed by atoms with Crippen molar-refractivity contribution in [1.82, 2.24) is 10.2 Å². The highest BCUT2D eigenvalue weighted by molar-refractivity contribution is 5.03. The highest BCUT2D eigenvalue weighted by Gasteiger charge is 2.46. The predicted octanol–water partition coefficient (Wildman–Crippen LogP) is 2.39. The van der Waals surface area contributed by atoms with Crippen LogP contribution in [0.2, 0.25) is 0 Å². The fourth-order valence-corrected chi connectivity index (χ4v) is 4.02. The number of nitrogens with one attached hydrogen (secondary N) is 1. The van der Waals surface area contributed by atoms with Crippen molar-refractivity contribution in [1.29, 1.82) is 0 Å². The van der Waals surface area contributed by atoms with Crippen LogP contribution in [-0.2, 0) is 0 Å². The zero-order chi connectivity index (χ0) is 11.0. The zero-order valence-electron chi connectivity index (χ0n) is 10.7. The highest BCUT2D eigenvalue weighted by Crippen LogP contribution is 2.42. The van der Waals surface area contributed by atoms with E-state index in [1.165, 1.54) is 64.6 Å². The summed E-state index contributed by atoms with van der Waals surface area (Å²) in [5, 5.41) is 3.81. The summed E-state index contributed by atoms with van der Waals surface area (Å²) < 4.78 is 0. The summed E-state index contributed by atoms with van der Waals surface area (Å²) in [5.74, 6) is 1.04. The van der Waals surface area contributed by atoms with Crippen LogP contribution in [0.25, 0.3) is 0 Å². The molecule has 1 aliphatic heterocycles. The van der Waals surface area contributed by atoms with Crippen LogP contribution >= 0.6 is 0 Å². The average molecular weight is 222 g/mol. The second-order valence-electron chi connectivity index (χ2n) is 6.24. The minimum absolute atomic E-state index is 0.525. The van der Waals surface area contributed by atoms with Crippen LogP contribution in [0.1, 0.15) is 51.9 Å². The van der Waals surface area contributed by atoms with Crippen molar-refractivity contribution in [2.75, 3.05) is 19.6 Å². The maximum Gasteiger partial charge on any atom is 0.0309 e. The van der Waals surface area contributed by atoms with E-state index in [9.17, 15) is 0 Å².